The summed E-state index contributed by atoms with van der Waals surface area (Å²) in [7, 11) is 0. The first-order chi connectivity index (χ1) is 8.18. The number of nitrogens with one attached hydrogen (secondary N) is 1. The van der Waals surface area contributed by atoms with Crippen LogP contribution in [0.5, 0.6) is 0 Å². The van der Waals surface area contributed by atoms with Gasteiger partial charge in [0, 0.05) is 17.4 Å². The largest absolute Gasteiger partial charge is 0.354 e. The molecular formula is C14H20BrNO. The van der Waals surface area contributed by atoms with Crippen LogP contribution in [0.25, 0.3) is 0 Å². The van der Waals surface area contributed by atoms with Gasteiger partial charge in [0.2, 0.25) is 5.91 Å². The Morgan fingerprint density at radius 1 is 1.18 bits per heavy atom. The van der Waals surface area contributed by atoms with E-state index < -0.39 is 0 Å². The molecule has 3 heteroatoms. The molecule has 1 aromatic rings. The molecule has 0 spiro atoms. The van der Waals surface area contributed by atoms with E-state index in [9.17, 15) is 4.79 Å². The SMILES string of the molecule is Brc1ccccc1.CC(=O)NC1CCCCC1. The molecule has 0 aliphatic heterocycles. The van der Waals surface area contributed by atoms with Crippen LogP contribution < -0.4 is 5.32 Å². The highest BCUT2D eigenvalue weighted by Crippen LogP contribution is 2.16. The Bertz CT molecular complexity index is 320. The predicted octanol–water partition coefficient (Wildman–Crippen LogP) is 3.90. The third-order valence-corrected chi connectivity index (χ3v) is 3.27. The standard InChI is InChI=1S/C8H15NO.C6H5Br/c1-7(10)9-8-5-3-2-4-6-8;7-6-4-2-1-3-5-6/h8H,2-6H2,1H3,(H,9,10);1-5H. The van der Waals surface area contributed by atoms with Crippen molar-refractivity contribution >= 4 is 21.8 Å². The molecule has 1 aromatic carbocycles. The van der Waals surface area contributed by atoms with Crippen molar-refractivity contribution in [1.29, 1.82) is 0 Å². The third kappa shape index (κ3) is 7.16. The van der Waals surface area contributed by atoms with Gasteiger partial charge in [-0.2, -0.15) is 0 Å². The van der Waals surface area contributed by atoms with E-state index in [1.807, 2.05) is 30.3 Å². The van der Waals surface area contributed by atoms with Crippen LogP contribution in [0, 0.1) is 0 Å². The molecule has 0 saturated heterocycles. The van der Waals surface area contributed by atoms with Crippen molar-refractivity contribution in [3.05, 3.63) is 34.8 Å². The molecule has 0 radical (unpaired) electrons. The molecule has 17 heavy (non-hydrogen) atoms. The summed E-state index contributed by atoms with van der Waals surface area (Å²) >= 11 is 3.31. The number of amides is 1. The summed E-state index contributed by atoms with van der Waals surface area (Å²) in [5.74, 6) is 0.118. The molecule has 1 aliphatic carbocycles. The van der Waals surface area contributed by atoms with E-state index in [1.165, 1.54) is 32.1 Å². The molecule has 1 saturated carbocycles. The first-order valence-corrected chi connectivity index (χ1v) is 6.95. The van der Waals surface area contributed by atoms with Crippen molar-refractivity contribution in [3.8, 4) is 0 Å². The number of rotatable bonds is 1. The monoisotopic (exact) mass is 297 g/mol. The van der Waals surface area contributed by atoms with E-state index in [4.69, 9.17) is 0 Å². The molecule has 94 valence electrons. The first kappa shape index (κ1) is 14.2. The molecule has 1 fully saturated rings. The first-order valence-electron chi connectivity index (χ1n) is 6.16. The normalized spacial score (nSPS) is 15.6. The number of hydrogen-bond donors (Lipinski definition) is 1. The Hall–Kier alpha value is -0.830. The van der Waals surface area contributed by atoms with Gasteiger partial charge < -0.3 is 5.32 Å². The van der Waals surface area contributed by atoms with E-state index in [1.54, 1.807) is 6.92 Å². The van der Waals surface area contributed by atoms with Gasteiger partial charge in [-0.25, -0.2) is 0 Å². The van der Waals surface area contributed by atoms with Crippen molar-refractivity contribution < 1.29 is 4.79 Å². The molecule has 0 unspecified atom stereocenters. The van der Waals surface area contributed by atoms with Crippen LogP contribution in [0.2, 0.25) is 0 Å². The average Bonchev–Trinajstić information content (AvgIpc) is 2.31. The second-order valence-electron chi connectivity index (χ2n) is 4.33. The smallest absolute Gasteiger partial charge is 0.217 e. The predicted molar refractivity (Wildman–Crippen MR) is 74.8 cm³/mol. The average molecular weight is 298 g/mol. The van der Waals surface area contributed by atoms with Gasteiger partial charge in [0.1, 0.15) is 0 Å². The van der Waals surface area contributed by atoms with E-state index >= 15 is 0 Å². The number of halogens is 1. The molecule has 1 amide bonds. The van der Waals surface area contributed by atoms with Gasteiger partial charge in [-0.1, -0.05) is 53.4 Å². The molecular weight excluding hydrogens is 278 g/mol. The van der Waals surface area contributed by atoms with E-state index in [2.05, 4.69) is 21.2 Å². The third-order valence-electron chi connectivity index (χ3n) is 2.75. The fourth-order valence-corrected chi connectivity index (χ4v) is 2.25. The highest BCUT2D eigenvalue weighted by molar-refractivity contribution is 9.10. The fourth-order valence-electron chi connectivity index (χ4n) is 1.95. The Morgan fingerprint density at radius 3 is 2.18 bits per heavy atom. The van der Waals surface area contributed by atoms with Crippen LogP contribution in [0.4, 0.5) is 0 Å². The van der Waals surface area contributed by atoms with Gasteiger partial charge in [0.25, 0.3) is 0 Å². The summed E-state index contributed by atoms with van der Waals surface area (Å²) in [4.78, 5) is 10.6. The minimum atomic E-state index is 0.118. The highest BCUT2D eigenvalue weighted by atomic mass is 79.9. The Labute approximate surface area is 112 Å². The maximum atomic E-state index is 10.6. The van der Waals surface area contributed by atoms with Crippen LogP contribution in [-0.2, 0) is 4.79 Å². The summed E-state index contributed by atoms with van der Waals surface area (Å²) < 4.78 is 1.13. The topological polar surface area (TPSA) is 29.1 Å². The fraction of sp³-hybridized carbons (Fsp3) is 0.500. The highest BCUT2D eigenvalue weighted by Gasteiger charge is 2.12. The van der Waals surface area contributed by atoms with Crippen LogP contribution in [0.1, 0.15) is 39.0 Å². The lowest BCUT2D eigenvalue weighted by atomic mass is 9.95. The Morgan fingerprint density at radius 2 is 1.76 bits per heavy atom. The van der Waals surface area contributed by atoms with Crippen molar-refractivity contribution in [1.82, 2.24) is 5.32 Å². The Kier molecular flexibility index (Phi) is 6.94. The summed E-state index contributed by atoms with van der Waals surface area (Å²) in [6.45, 7) is 1.59. The van der Waals surface area contributed by atoms with Gasteiger partial charge in [-0.15, -0.1) is 0 Å². The Balaban J connectivity index is 0.000000181. The van der Waals surface area contributed by atoms with E-state index in [0.29, 0.717) is 6.04 Å². The number of carbonyl (C=O) groups excluding carboxylic acids is 1. The number of benzene rings is 1. The summed E-state index contributed by atoms with van der Waals surface area (Å²) in [6.07, 6.45) is 6.27. The maximum absolute atomic E-state index is 10.6. The van der Waals surface area contributed by atoms with E-state index in [0.717, 1.165) is 4.47 Å². The zero-order valence-corrected chi connectivity index (χ0v) is 11.9. The minimum absolute atomic E-state index is 0.118. The summed E-state index contributed by atoms with van der Waals surface area (Å²) in [5, 5.41) is 2.94. The van der Waals surface area contributed by atoms with Crippen molar-refractivity contribution in [2.24, 2.45) is 0 Å². The van der Waals surface area contributed by atoms with Crippen LogP contribution in [0.15, 0.2) is 34.8 Å². The van der Waals surface area contributed by atoms with Gasteiger partial charge in [-0.3, -0.25) is 4.79 Å². The molecule has 0 heterocycles. The quantitative estimate of drug-likeness (QED) is 0.837. The zero-order valence-electron chi connectivity index (χ0n) is 10.3. The maximum Gasteiger partial charge on any atom is 0.217 e. The second kappa shape index (κ2) is 8.29. The van der Waals surface area contributed by atoms with Gasteiger partial charge in [0.15, 0.2) is 0 Å². The van der Waals surface area contributed by atoms with Crippen molar-refractivity contribution in [3.63, 3.8) is 0 Å². The molecule has 1 N–H and O–H groups in total. The summed E-state index contributed by atoms with van der Waals surface area (Å²) in [5.41, 5.74) is 0. The van der Waals surface area contributed by atoms with E-state index in [-0.39, 0.29) is 5.91 Å². The molecule has 0 aromatic heterocycles. The van der Waals surface area contributed by atoms with Gasteiger partial charge in [-0.05, 0) is 25.0 Å². The minimum Gasteiger partial charge on any atom is -0.354 e. The molecule has 2 nitrogen and oxygen atoms in total. The van der Waals surface area contributed by atoms with Crippen LogP contribution >= 0.6 is 15.9 Å². The molecule has 0 atom stereocenters. The lowest BCUT2D eigenvalue weighted by molar-refractivity contribution is -0.119. The summed E-state index contributed by atoms with van der Waals surface area (Å²) in [6, 6.07) is 10.4. The van der Waals surface area contributed by atoms with Gasteiger partial charge in [0.05, 0.1) is 0 Å². The second-order valence-corrected chi connectivity index (χ2v) is 5.25. The molecule has 2 rings (SSSR count). The number of hydrogen-bond acceptors (Lipinski definition) is 1. The lowest BCUT2D eigenvalue weighted by Crippen LogP contribution is -2.34. The van der Waals surface area contributed by atoms with Crippen molar-refractivity contribution in [2.45, 2.75) is 45.1 Å². The van der Waals surface area contributed by atoms with Crippen molar-refractivity contribution in [2.75, 3.05) is 0 Å². The van der Waals surface area contributed by atoms with Crippen LogP contribution in [-0.4, -0.2) is 11.9 Å². The zero-order chi connectivity index (χ0) is 12.5. The molecule has 0 bridgehead atoms. The lowest BCUT2D eigenvalue weighted by Gasteiger charge is -2.21. The number of carbonyl (C=O) groups is 1. The molecule has 1 aliphatic rings. The van der Waals surface area contributed by atoms with Crippen LogP contribution in [0.3, 0.4) is 0 Å². The van der Waals surface area contributed by atoms with Gasteiger partial charge >= 0.3 is 0 Å².